The molecule has 0 radical (unpaired) electrons. The van der Waals surface area contributed by atoms with Crippen LogP contribution in [0.15, 0.2) is 24.3 Å². The minimum atomic E-state index is -0.414. The monoisotopic (exact) mass is 401 g/mol. The molecule has 0 unspecified atom stereocenters. The molecule has 0 saturated carbocycles. The Hall–Kier alpha value is -1.14. The molecule has 3 aliphatic heterocycles. The summed E-state index contributed by atoms with van der Waals surface area (Å²) in [5.74, 6) is 0.861. The standard InChI is InChI=1S/C24H39N3O2/c1-25-14-9-24(10-15-25)11-16-27(20-24)17-21-5-7-23(8-6-21)29-19-22(28)18-26-12-3-2-4-13-26/h5-8,22,28H,2-4,9-20H2,1H3/t22-/m1/s1. The molecule has 3 saturated heterocycles. The summed E-state index contributed by atoms with van der Waals surface area (Å²) >= 11 is 0. The summed E-state index contributed by atoms with van der Waals surface area (Å²) in [6.07, 6.45) is 7.48. The number of rotatable bonds is 7. The van der Waals surface area contributed by atoms with E-state index in [-0.39, 0.29) is 0 Å². The fourth-order valence-electron chi connectivity index (χ4n) is 5.30. The summed E-state index contributed by atoms with van der Waals surface area (Å²) in [7, 11) is 2.25. The Morgan fingerprint density at radius 1 is 0.931 bits per heavy atom. The summed E-state index contributed by atoms with van der Waals surface area (Å²) in [5, 5.41) is 10.3. The maximum atomic E-state index is 10.3. The summed E-state index contributed by atoms with van der Waals surface area (Å²) in [6.45, 7) is 9.35. The number of likely N-dealkylation sites (tertiary alicyclic amines) is 3. The number of nitrogens with zero attached hydrogens (tertiary/aromatic N) is 3. The van der Waals surface area contributed by atoms with Crippen LogP contribution in [0.3, 0.4) is 0 Å². The lowest BCUT2D eigenvalue weighted by molar-refractivity contribution is 0.0617. The highest BCUT2D eigenvalue weighted by Crippen LogP contribution is 2.40. The summed E-state index contributed by atoms with van der Waals surface area (Å²) in [6, 6.07) is 8.49. The van der Waals surface area contributed by atoms with Crippen LogP contribution in [-0.2, 0) is 6.54 Å². The van der Waals surface area contributed by atoms with Gasteiger partial charge in [-0.2, -0.15) is 0 Å². The van der Waals surface area contributed by atoms with Crippen molar-refractivity contribution in [3.05, 3.63) is 29.8 Å². The zero-order valence-electron chi connectivity index (χ0n) is 18.2. The van der Waals surface area contributed by atoms with Crippen LogP contribution >= 0.6 is 0 Å². The molecule has 4 rings (SSSR count). The fourth-order valence-corrected chi connectivity index (χ4v) is 5.30. The third kappa shape index (κ3) is 5.94. The van der Waals surface area contributed by atoms with Gasteiger partial charge in [-0.15, -0.1) is 0 Å². The predicted octanol–water partition coefficient (Wildman–Crippen LogP) is 2.83. The van der Waals surface area contributed by atoms with Gasteiger partial charge in [0.25, 0.3) is 0 Å². The van der Waals surface area contributed by atoms with Gasteiger partial charge in [-0.1, -0.05) is 18.6 Å². The number of aliphatic hydroxyl groups is 1. The first-order valence-corrected chi connectivity index (χ1v) is 11.6. The van der Waals surface area contributed by atoms with Crippen LogP contribution in [0.25, 0.3) is 0 Å². The molecule has 3 aliphatic rings. The molecule has 0 aliphatic carbocycles. The third-order valence-electron chi connectivity index (χ3n) is 7.25. The maximum Gasteiger partial charge on any atom is 0.119 e. The van der Waals surface area contributed by atoms with Gasteiger partial charge >= 0.3 is 0 Å². The van der Waals surface area contributed by atoms with Crippen LogP contribution < -0.4 is 4.74 Å². The molecule has 1 spiro atoms. The van der Waals surface area contributed by atoms with Crippen molar-refractivity contribution < 1.29 is 9.84 Å². The van der Waals surface area contributed by atoms with Crippen LogP contribution in [0.4, 0.5) is 0 Å². The highest BCUT2D eigenvalue weighted by molar-refractivity contribution is 5.27. The Kier molecular flexibility index (Phi) is 7.12. The van der Waals surface area contributed by atoms with Crippen molar-refractivity contribution in [2.75, 3.05) is 59.5 Å². The Bertz CT molecular complexity index is 622. The largest absolute Gasteiger partial charge is 0.491 e. The van der Waals surface area contributed by atoms with Gasteiger partial charge in [0.2, 0.25) is 0 Å². The molecule has 0 aromatic heterocycles. The Labute approximate surface area is 176 Å². The second-order valence-electron chi connectivity index (χ2n) is 9.73. The number of ether oxygens (including phenoxy) is 1. The molecule has 29 heavy (non-hydrogen) atoms. The van der Waals surface area contributed by atoms with Crippen LogP contribution in [0.1, 0.15) is 44.1 Å². The molecule has 0 bridgehead atoms. The van der Waals surface area contributed by atoms with Gasteiger partial charge < -0.3 is 19.6 Å². The second-order valence-corrected chi connectivity index (χ2v) is 9.73. The van der Waals surface area contributed by atoms with Crippen molar-refractivity contribution >= 4 is 0 Å². The number of benzene rings is 1. The molecule has 1 aromatic rings. The van der Waals surface area contributed by atoms with Gasteiger partial charge in [-0.25, -0.2) is 0 Å². The van der Waals surface area contributed by atoms with Gasteiger partial charge in [-0.3, -0.25) is 4.90 Å². The lowest BCUT2D eigenvalue weighted by Crippen LogP contribution is -2.39. The normalized spacial score (nSPS) is 24.8. The van der Waals surface area contributed by atoms with E-state index >= 15 is 0 Å². The molecular formula is C24H39N3O2. The molecule has 3 heterocycles. The van der Waals surface area contributed by atoms with Crippen LogP contribution in [-0.4, -0.2) is 85.4 Å². The van der Waals surface area contributed by atoms with Crippen molar-refractivity contribution in [1.29, 1.82) is 0 Å². The second kappa shape index (κ2) is 9.78. The molecule has 1 N–H and O–H groups in total. The van der Waals surface area contributed by atoms with Gasteiger partial charge in [-0.05, 0) is 95.0 Å². The van der Waals surface area contributed by atoms with Crippen molar-refractivity contribution in [3.8, 4) is 5.75 Å². The van der Waals surface area contributed by atoms with Crippen molar-refractivity contribution in [1.82, 2.24) is 14.7 Å². The van der Waals surface area contributed by atoms with Crippen LogP contribution in [0, 0.1) is 5.41 Å². The summed E-state index contributed by atoms with van der Waals surface area (Å²) < 4.78 is 5.84. The number of hydrogen-bond donors (Lipinski definition) is 1. The maximum absolute atomic E-state index is 10.3. The van der Waals surface area contributed by atoms with E-state index in [9.17, 15) is 5.11 Å². The first-order valence-electron chi connectivity index (χ1n) is 11.6. The van der Waals surface area contributed by atoms with Gasteiger partial charge in [0.1, 0.15) is 18.5 Å². The molecule has 5 nitrogen and oxygen atoms in total. The first-order chi connectivity index (χ1) is 14.1. The first kappa shape index (κ1) is 21.1. The van der Waals surface area contributed by atoms with E-state index in [4.69, 9.17) is 4.74 Å². The molecule has 3 fully saturated rings. The number of piperidine rings is 2. The minimum Gasteiger partial charge on any atom is -0.491 e. The van der Waals surface area contributed by atoms with E-state index in [1.165, 1.54) is 70.3 Å². The zero-order chi connectivity index (χ0) is 20.1. The van der Waals surface area contributed by atoms with E-state index in [1.807, 2.05) is 0 Å². The number of aliphatic hydroxyl groups excluding tert-OH is 1. The highest BCUT2D eigenvalue weighted by atomic mass is 16.5. The summed E-state index contributed by atoms with van der Waals surface area (Å²) in [5.41, 5.74) is 1.93. The SMILES string of the molecule is CN1CCC2(CC1)CCN(Cc1ccc(OC[C@H](O)CN3CCCCC3)cc1)C2. The van der Waals surface area contributed by atoms with Crippen molar-refractivity contribution in [3.63, 3.8) is 0 Å². The molecule has 1 aromatic carbocycles. The Morgan fingerprint density at radius 2 is 1.62 bits per heavy atom. The molecule has 1 atom stereocenters. The average Bonchev–Trinajstić information content (AvgIpc) is 3.13. The molecule has 162 valence electrons. The van der Waals surface area contributed by atoms with Gasteiger partial charge in [0.15, 0.2) is 0 Å². The third-order valence-corrected chi connectivity index (χ3v) is 7.25. The molecular weight excluding hydrogens is 362 g/mol. The lowest BCUT2D eigenvalue weighted by Gasteiger charge is -2.37. The van der Waals surface area contributed by atoms with E-state index in [0.717, 1.165) is 31.9 Å². The lowest BCUT2D eigenvalue weighted by atomic mass is 9.78. The number of hydrogen-bond acceptors (Lipinski definition) is 5. The fraction of sp³-hybridized carbons (Fsp3) is 0.750. The Morgan fingerprint density at radius 3 is 2.34 bits per heavy atom. The minimum absolute atomic E-state index is 0.374. The predicted molar refractivity (Wildman–Crippen MR) is 117 cm³/mol. The Balaban J connectivity index is 1.19. The van der Waals surface area contributed by atoms with Crippen LogP contribution in [0.5, 0.6) is 5.75 Å². The number of β-amino-alcohol motifs (C(OH)–C–C–N with tert-alkyl or cyclic N) is 1. The molecule has 0 amide bonds. The van der Waals surface area contributed by atoms with Crippen molar-refractivity contribution in [2.24, 2.45) is 5.41 Å². The van der Waals surface area contributed by atoms with Gasteiger partial charge in [0, 0.05) is 19.6 Å². The quantitative estimate of drug-likeness (QED) is 0.761. The van der Waals surface area contributed by atoms with Gasteiger partial charge in [0.05, 0.1) is 0 Å². The highest BCUT2D eigenvalue weighted by Gasteiger charge is 2.39. The smallest absolute Gasteiger partial charge is 0.119 e. The topological polar surface area (TPSA) is 39.2 Å². The zero-order valence-corrected chi connectivity index (χ0v) is 18.2. The molecule has 5 heteroatoms. The van der Waals surface area contributed by atoms with Crippen LogP contribution in [0.2, 0.25) is 0 Å². The van der Waals surface area contributed by atoms with E-state index < -0.39 is 6.10 Å². The summed E-state index contributed by atoms with van der Waals surface area (Å²) in [4.78, 5) is 7.45. The van der Waals surface area contributed by atoms with E-state index in [0.29, 0.717) is 12.0 Å². The van der Waals surface area contributed by atoms with Crippen molar-refractivity contribution in [2.45, 2.75) is 51.2 Å². The van der Waals surface area contributed by atoms with E-state index in [2.05, 4.69) is 46.0 Å². The average molecular weight is 402 g/mol. The van der Waals surface area contributed by atoms with E-state index in [1.54, 1.807) is 0 Å².